The first-order chi connectivity index (χ1) is 9.53. The van der Waals surface area contributed by atoms with Crippen molar-refractivity contribution in [2.45, 2.75) is 37.5 Å². The van der Waals surface area contributed by atoms with Crippen LogP contribution in [0.15, 0.2) is 12.3 Å². The molecule has 1 N–H and O–H groups in total. The summed E-state index contributed by atoms with van der Waals surface area (Å²) in [6, 6.07) is 2.54. The van der Waals surface area contributed by atoms with E-state index in [1.54, 1.807) is 13.3 Å². The Bertz CT molecular complexity index is 492. The highest BCUT2D eigenvalue weighted by atomic mass is 16.5. The van der Waals surface area contributed by atoms with Crippen LogP contribution < -0.4 is 4.74 Å². The van der Waals surface area contributed by atoms with Crippen LogP contribution in [-0.2, 0) is 10.3 Å². The summed E-state index contributed by atoms with van der Waals surface area (Å²) in [5.41, 5.74) is 1.04. The van der Waals surface area contributed by atoms with Crippen LogP contribution in [0, 0.1) is 6.92 Å². The van der Waals surface area contributed by atoms with Crippen molar-refractivity contribution in [1.82, 2.24) is 9.88 Å². The first-order valence-electron chi connectivity index (χ1n) is 7.06. The molecule has 20 heavy (non-hydrogen) atoms. The van der Waals surface area contributed by atoms with Gasteiger partial charge in [-0.05, 0) is 32.9 Å². The maximum Gasteiger partial charge on any atom is 0.215 e. The number of morpholine rings is 1. The molecule has 2 fully saturated rings. The Kier molecular flexibility index (Phi) is 3.44. The van der Waals surface area contributed by atoms with E-state index in [1.807, 2.05) is 13.0 Å². The fourth-order valence-electron chi connectivity index (χ4n) is 3.41. The summed E-state index contributed by atoms with van der Waals surface area (Å²) in [5, 5.41) is 11.1. The molecule has 0 saturated carbocycles. The molecule has 1 aromatic rings. The van der Waals surface area contributed by atoms with E-state index in [1.165, 1.54) is 0 Å². The van der Waals surface area contributed by atoms with Gasteiger partial charge in [-0.15, -0.1) is 0 Å². The molecule has 2 aliphatic rings. The number of rotatable bonds is 2. The fraction of sp³-hybridized carbons (Fsp3) is 0.667. The zero-order valence-corrected chi connectivity index (χ0v) is 12.3. The second kappa shape index (κ2) is 4.98. The van der Waals surface area contributed by atoms with Crippen molar-refractivity contribution < 1.29 is 14.6 Å². The van der Waals surface area contributed by atoms with Crippen LogP contribution >= 0.6 is 0 Å². The number of fused-ring (bicyclic) bond motifs is 2. The normalized spacial score (nSPS) is 34.0. The molecule has 0 radical (unpaired) electrons. The third-order valence-electron chi connectivity index (χ3n) is 4.68. The summed E-state index contributed by atoms with van der Waals surface area (Å²) < 4.78 is 10.8. The minimum atomic E-state index is -0.810. The van der Waals surface area contributed by atoms with Gasteiger partial charge in [0.15, 0.2) is 0 Å². The van der Waals surface area contributed by atoms with Crippen LogP contribution in [0.3, 0.4) is 0 Å². The van der Waals surface area contributed by atoms with E-state index in [-0.39, 0.29) is 12.1 Å². The maximum atomic E-state index is 11.1. The number of ether oxygens (including phenoxy) is 2. The van der Waals surface area contributed by atoms with Crippen molar-refractivity contribution in [3.63, 3.8) is 0 Å². The minimum absolute atomic E-state index is 0.273. The molecule has 5 nitrogen and oxygen atoms in total. The predicted octanol–water partition coefficient (Wildman–Crippen LogP) is 1.08. The number of aliphatic hydroxyl groups is 1. The quantitative estimate of drug-likeness (QED) is 0.877. The van der Waals surface area contributed by atoms with Gasteiger partial charge in [0, 0.05) is 29.4 Å². The summed E-state index contributed by atoms with van der Waals surface area (Å²) >= 11 is 0. The lowest BCUT2D eigenvalue weighted by Crippen LogP contribution is -2.59. The largest absolute Gasteiger partial charge is 0.481 e. The molecule has 0 amide bonds. The highest BCUT2D eigenvalue weighted by molar-refractivity contribution is 5.32. The fourth-order valence-corrected chi connectivity index (χ4v) is 3.41. The lowest BCUT2D eigenvalue weighted by molar-refractivity contribution is -0.137. The Morgan fingerprint density at radius 2 is 2.05 bits per heavy atom. The Hall–Kier alpha value is -1.17. The number of hydrogen-bond donors (Lipinski definition) is 1. The molecule has 0 spiro atoms. The van der Waals surface area contributed by atoms with Crippen molar-refractivity contribution in [3.05, 3.63) is 23.4 Å². The molecular weight excluding hydrogens is 256 g/mol. The molecule has 2 atom stereocenters. The zero-order valence-electron chi connectivity index (χ0n) is 12.3. The molecule has 1 aromatic heterocycles. The molecule has 2 saturated heterocycles. The van der Waals surface area contributed by atoms with Crippen LogP contribution in [-0.4, -0.2) is 54.4 Å². The van der Waals surface area contributed by atoms with Gasteiger partial charge in [-0.1, -0.05) is 0 Å². The van der Waals surface area contributed by atoms with E-state index in [2.05, 4.69) is 16.9 Å². The van der Waals surface area contributed by atoms with E-state index in [0.29, 0.717) is 31.9 Å². The SMILES string of the molecule is COc1ncc(C2(O)CC3COCC(C2)N3C)cc1C. The van der Waals surface area contributed by atoms with E-state index in [0.717, 1.165) is 11.1 Å². The maximum absolute atomic E-state index is 11.1. The molecule has 0 aromatic carbocycles. The third kappa shape index (κ3) is 2.20. The monoisotopic (exact) mass is 278 g/mol. The number of nitrogens with zero attached hydrogens (tertiary/aromatic N) is 2. The number of aromatic nitrogens is 1. The Morgan fingerprint density at radius 3 is 2.60 bits per heavy atom. The van der Waals surface area contributed by atoms with Gasteiger partial charge >= 0.3 is 0 Å². The van der Waals surface area contributed by atoms with Crippen molar-refractivity contribution in [2.75, 3.05) is 27.4 Å². The average molecular weight is 278 g/mol. The van der Waals surface area contributed by atoms with Crippen molar-refractivity contribution in [3.8, 4) is 5.88 Å². The molecule has 110 valence electrons. The van der Waals surface area contributed by atoms with Gasteiger partial charge in [0.25, 0.3) is 0 Å². The van der Waals surface area contributed by atoms with E-state index >= 15 is 0 Å². The van der Waals surface area contributed by atoms with Gasteiger partial charge in [0.1, 0.15) is 0 Å². The second-order valence-corrected chi connectivity index (χ2v) is 6.00. The van der Waals surface area contributed by atoms with E-state index in [9.17, 15) is 5.11 Å². The topological polar surface area (TPSA) is 54.8 Å². The van der Waals surface area contributed by atoms with Gasteiger partial charge < -0.3 is 14.6 Å². The van der Waals surface area contributed by atoms with Crippen molar-refractivity contribution >= 4 is 0 Å². The first-order valence-corrected chi connectivity index (χ1v) is 7.06. The van der Waals surface area contributed by atoms with Crippen LogP contribution in [0.1, 0.15) is 24.0 Å². The molecule has 5 heteroatoms. The average Bonchev–Trinajstić information content (AvgIpc) is 2.41. The Balaban J connectivity index is 1.91. The summed E-state index contributed by atoms with van der Waals surface area (Å²) in [4.78, 5) is 6.64. The summed E-state index contributed by atoms with van der Waals surface area (Å²) in [6.07, 6.45) is 3.12. The zero-order chi connectivity index (χ0) is 14.3. The van der Waals surface area contributed by atoms with E-state index < -0.39 is 5.60 Å². The summed E-state index contributed by atoms with van der Waals surface area (Å²) in [6.45, 7) is 3.34. The van der Waals surface area contributed by atoms with Crippen LogP contribution in [0.2, 0.25) is 0 Å². The molecule has 2 unspecified atom stereocenters. The van der Waals surface area contributed by atoms with Crippen LogP contribution in [0.4, 0.5) is 0 Å². The van der Waals surface area contributed by atoms with Crippen LogP contribution in [0.25, 0.3) is 0 Å². The van der Waals surface area contributed by atoms with Gasteiger partial charge in [0.05, 0.1) is 25.9 Å². The van der Waals surface area contributed by atoms with Gasteiger partial charge in [-0.3, -0.25) is 4.90 Å². The molecule has 3 rings (SSSR count). The Morgan fingerprint density at radius 1 is 1.40 bits per heavy atom. The number of pyridine rings is 1. The summed E-state index contributed by atoms with van der Waals surface area (Å²) in [5.74, 6) is 0.619. The number of likely N-dealkylation sites (N-methyl/N-ethyl adjacent to an activating group) is 1. The lowest BCUT2D eigenvalue weighted by atomic mass is 9.77. The molecule has 0 aliphatic carbocycles. The van der Waals surface area contributed by atoms with Crippen LogP contribution in [0.5, 0.6) is 5.88 Å². The van der Waals surface area contributed by atoms with Gasteiger partial charge in [-0.2, -0.15) is 0 Å². The number of methoxy groups -OCH3 is 1. The molecular formula is C15H22N2O3. The molecule has 2 bridgehead atoms. The lowest BCUT2D eigenvalue weighted by Gasteiger charge is -2.50. The smallest absolute Gasteiger partial charge is 0.215 e. The van der Waals surface area contributed by atoms with Crippen molar-refractivity contribution in [1.29, 1.82) is 0 Å². The van der Waals surface area contributed by atoms with Gasteiger partial charge in [0.2, 0.25) is 5.88 Å². The highest BCUT2D eigenvalue weighted by Crippen LogP contribution is 2.40. The molecule has 2 aliphatic heterocycles. The predicted molar refractivity (Wildman–Crippen MR) is 74.8 cm³/mol. The van der Waals surface area contributed by atoms with E-state index in [4.69, 9.17) is 9.47 Å². The number of piperidine rings is 1. The molecule has 3 heterocycles. The number of hydrogen-bond acceptors (Lipinski definition) is 5. The number of aryl methyl sites for hydroxylation is 1. The standard InChI is InChI=1S/C15H22N2O3/c1-10-4-11(7-16-14(10)19-3)15(18)5-12-8-20-9-13(6-15)17(12)2/h4,7,12-13,18H,5-6,8-9H2,1-3H3. The Labute approximate surface area is 119 Å². The minimum Gasteiger partial charge on any atom is -0.481 e. The van der Waals surface area contributed by atoms with Gasteiger partial charge in [-0.25, -0.2) is 4.98 Å². The van der Waals surface area contributed by atoms with Crippen molar-refractivity contribution in [2.24, 2.45) is 0 Å². The second-order valence-electron chi connectivity index (χ2n) is 6.00. The third-order valence-corrected chi connectivity index (χ3v) is 4.68. The highest BCUT2D eigenvalue weighted by Gasteiger charge is 2.45. The first kappa shape index (κ1) is 13.8. The summed E-state index contributed by atoms with van der Waals surface area (Å²) in [7, 11) is 3.73.